The van der Waals surface area contributed by atoms with Crippen LogP contribution in [-0.4, -0.2) is 9.55 Å². The van der Waals surface area contributed by atoms with Crippen LogP contribution in [0.25, 0.3) is 0 Å². The van der Waals surface area contributed by atoms with Crippen LogP contribution in [0.4, 0.5) is 0 Å². The predicted octanol–water partition coefficient (Wildman–Crippen LogP) is 3.68. The molecule has 0 N–H and O–H groups in total. The predicted molar refractivity (Wildman–Crippen MR) is 65.4 cm³/mol. The van der Waals surface area contributed by atoms with Crippen LogP contribution in [0.5, 0.6) is 0 Å². The van der Waals surface area contributed by atoms with Crippen molar-refractivity contribution in [1.29, 1.82) is 0 Å². The molecule has 86 valence electrons. The molecule has 0 bridgehead atoms. The number of hydrogen-bond donors (Lipinski definition) is 0. The van der Waals surface area contributed by atoms with Crippen LogP contribution in [0.1, 0.15) is 50.3 Å². The summed E-state index contributed by atoms with van der Waals surface area (Å²) in [5.74, 6) is 1.53. The summed E-state index contributed by atoms with van der Waals surface area (Å²) >= 11 is 5.87. The minimum Gasteiger partial charge on any atom is -0.331 e. The van der Waals surface area contributed by atoms with Gasteiger partial charge in [-0.3, -0.25) is 0 Å². The molecule has 0 aliphatic rings. The normalized spacial score (nSPS) is 10.9. The van der Waals surface area contributed by atoms with Crippen molar-refractivity contribution < 1.29 is 0 Å². The molecule has 1 heterocycles. The molecule has 3 heteroatoms. The van der Waals surface area contributed by atoms with Gasteiger partial charge in [0.2, 0.25) is 0 Å². The molecule has 1 aromatic rings. The number of aromatic nitrogens is 2. The summed E-state index contributed by atoms with van der Waals surface area (Å²) in [6.45, 7) is 7.48. The zero-order chi connectivity index (χ0) is 11.3. The molecule has 2 nitrogen and oxygen atoms in total. The highest BCUT2D eigenvalue weighted by atomic mass is 35.5. The molecular weight excluding hydrogens is 208 g/mol. The Balaban J connectivity index is 2.75. The average molecular weight is 229 g/mol. The summed E-state index contributed by atoms with van der Waals surface area (Å²) < 4.78 is 2.22. The molecule has 1 aromatic heterocycles. The summed E-state index contributed by atoms with van der Waals surface area (Å²) in [4.78, 5) is 4.60. The van der Waals surface area contributed by atoms with Crippen molar-refractivity contribution in [3.05, 3.63) is 17.2 Å². The smallest absolute Gasteiger partial charge is 0.124 e. The highest BCUT2D eigenvalue weighted by molar-refractivity contribution is 6.16. The molecule has 0 saturated carbocycles. The number of alkyl halides is 1. The molecule has 1 rings (SSSR count). The Morgan fingerprint density at radius 3 is 2.47 bits per heavy atom. The van der Waals surface area contributed by atoms with Crippen LogP contribution in [-0.2, 0) is 18.8 Å². The molecule has 0 aromatic carbocycles. The standard InChI is InChI=1S/C12H21ClN2/c1-4-6-7-8-11-10(3)15(5-2)12(9-13)14-11/h4-9H2,1-3H3. The monoisotopic (exact) mass is 228 g/mol. The van der Waals surface area contributed by atoms with Crippen LogP contribution >= 0.6 is 11.6 Å². The fourth-order valence-electron chi connectivity index (χ4n) is 1.95. The van der Waals surface area contributed by atoms with E-state index in [0.717, 1.165) is 18.8 Å². The molecule has 0 aliphatic carbocycles. The fraction of sp³-hybridized carbons (Fsp3) is 0.750. The summed E-state index contributed by atoms with van der Waals surface area (Å²) in [5.41, 5.74) is 2.53. The van der Waals surface area contributed by atoms with Gasteiger partial charge >= 0.3 is 0 Å². The van der Waals surface area contributed by atoms with Crippen molar-refractivity contribution in [2.24, 2.45) is 0 Å². The van der Waals surface area contributed by atoms with E-state index in [9.17, 15) is 0 Å². The SMILES string of the molecule is CCCCCc1nc(CCl)n(CC)c1C. The lowest BCUT2D eigenvalue weighted by Crippen LogP contribution is -2.01. The second kappa shape index (κ2) is 6.16. The molecule has 0 amide bonds. The quantitative estimate of drug-likeness (QED) is 0.537. The number of aryl methyl sites for hydroxylation is 1. The zero-order valence-electron chi connectivity index (χ0n) is 10.0. The molecule has 0 unspecified atom stereocenters. The first-order valence-electron chi connectivity index (χ1n) is 5.85. The molecule has 0 fully saturated rings. The number of halogens is 1. The highest BCUT2D eigenvalue weighted by Crippen LogP contribution is 2.15. The number of imidazole rings is 1. The molecule has 15 heavy (non-hydrogen) atoms. The van der Waals surface area contributed by atoms with Crippen molar-refractivity contribution in [2.75, 3.05) is 0 Å². The summed E-state index contributed by atoms with van der Waals surface area (Å²) in [6.07, 6.45) is 4.88. The van der Waals surface area contributed by atoms with Crippen molar-refractivity contribution in [1.82, 2.24) is 9.55 Å². The Kier molecular flexibility index (Phi) is 5.16. The first-order valence-corrected chi connectivity index (χ1v) is 6.38. The van der Waals surface area contributed by atoms with Gasteiger partial charge in [-0.05, 0) is 26.7 Å². The molecule has 0 atom stereocenters. The van der Waals surface area contributed by atoms with Gasteiger partial charge in [0.15, 0.2) is 0 Å². The lowest BCUT2D eigenvalue weighted by atomic mass is 10.1. The fourth-order valence-corrected chi connectivity index (χ4v) is 2.15. The maximum Gasteiger partial charge on any atom is 0.124 e. The molecule has 0 aliphatic heterocycles. The number of nitrogens with zero attached hydrogens (tertiary/aromatic N) is 2. The number of unbranched alkanes of at least 4 members (excludes halogenated alkanes) is 2. The van der Waals surface area contributed by atoms with E-state index in [1.165, 1.54) is 30.7 Å². The van der Waals surface area contributed by atoms with Gasteiger partial charge in [-0.25, -0.2) is 4.98 Å². The lowest BCUT2D eigenvalue weighted by Gasteiger charge is -2.04. The highest BCUT2D eigenvalue weighted by Gasteiger charge is 2.10. The largest absolute Gasteiger partial charge is 0.331 e. The topological polar surface area (TPSA) is 17.8 Å². The first kappa shape index (κ1) is 12.6. The van der Waals surface area contributed by atoms with E-state index < -0.39 is 0 Å². The maximum atomic E-state index is 5.87. The second-order valence-corrected chi connectivity index (χ2v) is 4.16. The molecule has 0 radical (unpaired) electrons. The van der Waals surface area contributed by atoms with Crippen molar-refractivity contribution in [3.63, 3.8) is 0 Å². The Morgan fingerprint density at radius 1 is 1.27 bits per heavy atom. The Labute approximate surface area is 97.7 Å². The van der Waals surface area contributed by atoms with Gasteiger partial charge in [-0.2, -0.15) is 0 Å². The molecule has 0 spiro atoms. The van der Waals surface area contributed by atoms with Gasteiger partial charge in [0, 0.05) is 12.2 Å². The molecule has 0 saturated heterocycles. The van der Waals surface area contributed by atoms with E-state index in [1.54, 1.807) is 0 Å². The summed E-state index contributed by atoms with van der Waals surface area (Å²) in [6, 6.07) is 0. The zero-order valence-corrected chi connectivity index (χ0v) is 10.8. The van der Waals surface area contributed by atoms with E-state index in [2.05, 4.69) is 30.3 Å². The minimum atomic E-state index is 0.516. The van der Waals surface area contributed by atoms with Gasteiger partial charge < -0.3 is 4.57 Å². The lowest BCUT2D eigenvalue weighted by molar-refractivity contribution is 0.693. The van der Waals surface area contributed by atoms with E-state index in [1.807, 2.05) is 0 Å². The first-order chi connectivity index (χ1) is 7.24. The van der Waals surface area contributed by atoms with Gasteiger partial charge in [-0.1, -0.05) is 19.8 Å². The van der Waals surface area contributed by atoms with Gasteiger partial charge in [0.25, 0.3) is 0 Å². The summed E-state index contributed by atoms with van der Waals surface area (Å²) in [7, 11) is 0. The number of rotatable bonds is 6. The Morgan fingerprint density at radius 2 is 2.00 bits per heavy atom. The van der Waals surface area contributed by atoms with Gasteiger partial charge in [0.1, 0.15) is 5.82 Å². The van der Waals surface area contributed by atoms with E-state index >= 15 is 0 Å². The van der Waals surface area contributed by atoms with E-state index in [-0.39, 0.29) is 0 Å². The van der Waals surface area contributed by atoms with Crippen molar-refractivity contribution >= 4 is 11.6 Å². The third kappa shape index (κ3) is 2.97. The van der Waals surface area contributed by atoms with Crippen molar-refractivity contribution in [3.8, 4) is 0 Å². The van der Waals surface area contributed by atoms with Crippen LogP contribution in [0, 0.1) is 6.92 Å². The van der Waals surface area contributed by atoms with E-state index in [0.29, 0.717) is 5.88 Å². The summed E-state index contributed by atoms with van der Waals surface area (Å²) in [5, 5.41) is 0. The van der Waals surface area contributed by atoms with Crippen molar-refractivity contribution in [2.45, 2.75) is 58.9 Å². The van der Waals surface area contributed by atoms with Gasteiger partial charge in [-0.15, -0.1) is 11.6 Å². The average Bonchev–Trinajstić information content (AvgIpc) is 2.55. The molecular formula is C12H21ClN2. The second-order valence-electron chi connectivity index (χ2n) is 3.90. The van der Waals surface area contributed by atoms with Crippen LogP contribution in [0.2, 0.25) is 0 Å². The minimum absolute atomic E-state index is 0.516. The third-order valence-corrected chi connectivity index (χ3v) is 3.09. The Hall–Kier alpha value is -0.500. The van der Waals surface area contributed by atoms with E-state index in [4.69, 9.17) is 11.6 Å². The van der Waals surface area contributed by atoms with Crippen LogP contribution < -0.4 is 0 Å². The van der Waals surface area contributed by atoms with Crippen LogP contribution in [0.15, 0.2) is 0 Å². The number of hydrogen-bond acceptors (Lipinski definition) is 1. The van der Waals surface area contributed by atoms with Crippen LogP contribution in [0.3, 0.4) is 0 Å². The Bertz CT molecular complexity index is 305. The maximum absolute atomic E-state index is 5.87. The third-order valence-electron chi connectivity index (χ3n) is 2.85. The van der Waals surface area contributed by atoms with Gasteiger partial charge in [0.05, 0.1) is 11.6 Å².